The van der Waals surface area contributed by atoms with Crippen molar-refractivity contribution < 1.29 is 17.9 Å². The van der Waals surface area contributed by atoms with Gasteiger partial charge in [0.2, 0.25) is 5.95 Å². The van der Waals surface area contributed by atoms with Gasteiger partial charge in [0.15, 0.2) is 15.7 Å². The highest BCUT2D eigenvalue weighted by Gasteiger charge is 2.28. The third kappa shape index (κ3) is 5.14. The van der Waals surface area contributed by atoms with E-state index in [0.29, 0.717) is 38.3 Å². The van der Waals surface area contributed by atoms with Crippen LogP contribution in [-0.2, 0) is 14.6 Å². The molecule has 0 saturated carbocycles. The molecule has 0 spiro atoms. The van der Waals surface area contributed by atoms with E-state index < -0.39 is 26.8 Å². The highest BCUT2D eigenvalue weighted by molar-refractivity contribution is 7.90. The fourth-order valence-electron chi connectivity index (χ4n) is 3.03. The standard InChI is InChI=1S/C18H24N6O5S/c1-30(27,28)12-4-2-3-11(9-12)22-15-13(14(19)25)16(26)24-17(23-15)21-10-18(20)5-7-29-8-6-18/h2-4,9H,5-8,10,20H2,1H3,(H2,19,25)(H3,21,22,23,24,26). The van der Waals surface area contributed by atoms with Gasteiger partial charge in [0.25, 0.3) is 11.5 Å². The molecule has 162 valence electrons. The fourth-order valence-corrected chi connectivity index (χ4v) is 3.70. The summed E-state index contributed by atoms with van der Waals surface area (Å²) in [5.41, 5.74) is 10.4. The van der Waals surface area contributed by atoms with Crippen LogP contribution in [0.3, 0.4) is 0 Å². The van der Waals surface area contributed by atoms with Crippen molar-refractivity contribution in [3.05, 3.63) is 40.2 Å². The number of anilines is 3. The Morgan fingerprint density at radius 1 is 1.33 bits per heavy atom. The lowest BCUT2D eigenvalue weighted by Gasteiger charge is -2.33. The van der Waals surface area contributed by atoms with Crippen LogP contribution < -0.4 is 27.7 Å². The lowest BCUT2D eigenvalue weighted by molar-refractivity contribution is 0.0574. The maximum atomic E-state index is 12.4. The number of benzene rings is 1. The predicted octanol–water partition coefficient (Wildman–Crippen LogP) is -0.0643. The average Bonchev–Trinajstić information content (AvgIpc) is 2.66. The second-order valence-electron chi connectivity index (χ2n) is 7.26. The van der Waals surface area contributed by atoms with Crippen molar-refractivity contribution in [3.8, 4) is 0 Å². The quantitative estimate of drug-likeness (QED) is 0.397. The van der Waals surface area contributed by atoms with Crippen molar-refractivity contribution in [2.45, 2.75) is 23.3 Å². The van der Waals surface area contributed by atoms with Crippen LogP contribution in [-0.4, -0.2) is 55.8 Å². The number of nitrogens with zero attached hydrogens (tertiary/aromatic N) is 1. The zero-order valence-corrected chi connectivity index (χ0v) is 17.2. The Bertz CT molecular complexity index is 1110. The molecule has 2 aromatic rings. The number of amides is 1. The van der Waals surface area contributed by atoms with E-state index in [2.05, 4.69) is 20.6 Å². The van der Waals surface area contributed by atoms with Gasteiger partial charge in [0.05, 0.1) is 4.90 Å². The van der Waals surface area contributed by atoms with Crippen LogP contribution in [0, 0.1) is 0 Å². The molecule has 1 amide bonds. The molecule has 0 bridgehead atoms. The summed E-state index contributed by atoms with van der Waals surface area (Å²) in [5, 5.41) is 5.80. The van der Waals surface area contributed by atoms with Gasteiger partial charge in [0, 0.05) is 37.2 Å². The van der Waals surface area contributed by atoms with E-state index >= 15 is 0 Å². The van der Waals surface area contributed by atoms with Crippen LogP contribution in [0.4, 0.5) is 17.5 Å². The number of primary amides is 1. The molecule has 0 atom stereocenters. The maximum Gasteiger partial charge on any atom is 0.267 e. The highest BCUT2D eigenvalue weighted by Crippen LogP contribution is 2.22. The molecule has 30 heavy (non-hydrogen) atoms. The SMILES string of the molecule is CS(=O)(=O)c1cccc(Nc2nc(NCC3(N)CCOCC3)[nH]c(=O)c2C(N)=O)c1. The molecule has 1 fully saturated rings. The molecule has 1 saturated heterocycles. The Labute approximate surface area is 173 Å². The number of hydrogen-bond acceptors (Lipinski definition) is 9. The molecule has 0 unspecified atom stereocenters. The Kier molecular flexibility index (Phi) is 6.10. The summed E-state index contributed by atoms with van der Waals surface area (Å²) in [7, 11) is -3.44. The minimum Gasteiger partial charge on any atom is -0.381 e. The zero-order valence-electron chi connectivity index (χ0n) is 16.4. The van der Waals surface area contributed by atoms with Gasteiger partial charge >= 0.3 is 0 Å². The Morgan fingerprint density at radius 3 is 2.67 bits per heavy atom. The first kappa shape index (κ1) is 21.7. The van der Waals surface area contributed by atoms with Crippen LogP contribution in [0.15, 0.2) is 34.0 Å². The number of sulfone groups is 1. The molecule has 1 aliphatic rings. The normalized spacial score (nSPS) is 16.1. The number of aromatic nitrogens is 2. The molecule has 1 aromatic heterocycles. The molecule has 0 radical (unpaired) electrons. The van der Waals surface area contributed by atoms with E-state index in [0.717, 1.165) is 6.26 Å². The number of nitrogens with two attached hydrogens (primary N) is 2. The minimum absolute atomic E-state index is 0.0703. The van der Waals surface area contributed by atoms with Crippen LogP contribution in [0.5, 0.6) is 0 Å². The summed E-state index contributed by atoms with van der Waals surface area (Å²) >= 11 is 0. The number of nitrogens with one attached hydrogen (secondary N) is 3. The van der Waals surface area contributed by atoms with E-state index in [1.54, 1.807) is 6.07 Å². The summed E-state index contributed by atoms with van der Waals surface area (Å²) in [6.45, 7) is 1.43. The van der Waals surface area contributed by atoms with E-state index in [1.165, 1.54) is 18.2 Å². The Balaban J connectivity index is 1.91. The molecule has 1 aromatic carbocycles. The average molecular weight is 436 g/mol. The van der Waals surface area contributed by atoms with E-state index in [1.807, 2.05) is 0 Å². The van der Waals surface area contributed by atoms with Gasteiger partial charge in [-0.2, -0.15) is 4.98 Å². The summed E-state index contributed by atoms with van der Waals surface area (Å²) in [6, 6.07) is 5.90. The Hall–Kier alpha value is -2.96. The molecular formula is C18H24N6O5S. The summed E-state index contributed by atoms with van der Waals surface area (Å²) in [4.78, 5) is 31.0. The number of ether oxygens (including phenoxy) is 1. The zero-order chi connectivity index (χ0) is 21.9. The molecule has 0 aliphatic carbocycles. The number of aromatic amines is 1. The van der Waals surface area contributed by atoms with Crippen molar-refractivity contribution in [1.82, 2.24) is 9.97 Å². The van der Waals surface area contributed by atoms with Crippen molar-refractivity contribution in [2.75, 3.05) is 36.6 Å². The van der Waals surface area contributed by atoms with Gasteiger partial charge in [-0.15, -0.1) is 0 Å². The lowest BCUT2D eigenvalue weighted by Crippen LogP contribution is -2.50. The third-order valence-electron chi connectivity index (χ3n) is 4.79. The maximum absolute atomic E-state index is 12.4. The minimum atomic E-state index is -3.44. The highest BCUT2D eigenvalue weighted by atomic mass is 32.2. The number of H-pyrrole nitrogens is 1. The van der Waals surface area contributed by atoms with E-state index in [-0.39, 0.29) is 22.2 Å². The number of carbonyl (C=O) groups is 1. The molecule has 7 N–H and O–H groups in total. The van der Waals surface area contributed by atoms with Gasteiger partial charge in [-0.3, -0.25) is 14.6 Å². The molecule has 12 heteroatoms. The summed E-state index contributed by atoms with van der Waals surface area (Å²) in [5.74, 6) is -0.975. The first-order valence-electron chi connectivity index (χ1n) is 9.19. The van der Waals surface area contributed by atoms with Gasteiger partial charge in [-0.25, -0.2) is 8.42 Å². The number of rotatable bonds is 7. The van der Waals surface area contributed by atoms with Gasteiger partial charge in [-0.1, -0.05) is 6.07 Å². The smallest absolute Gasteiger partial charge is 0.267 e. The second-order valence-corrected chi connectivity index (χ2v) is 9.27. The van der Waals surface area contributed by atoms with E-state index in [9.17, 15) is 18.0 Å². The van der Waals surface area contributed by atoms with Gasteiger partial charge in [0.1, 0.15) is 5.56 Å². The summed E-state index contributed by atoms with van der Waals surface area (Å²) in [6.07, 6.45) is 2.37. The van der Waals surface area contributed by atoms with Crippen molar-refractivity contribution in [3.63, 3.8) is 0 Å². The van der Waals surface area contributed by atoms with Gasteiger partial charge in [-0.05, 0) is 31.0 Å². The monoisotopic (exact) mass is 436 g/mol. The second kappa shape index (κ2) is 8.42. The van der Waals surface area contributed by atoms with Crippen LogP contribution in [0.2, 0.25) is 0 Å². The third-order valence-corrected chi connectivity index (χ3v) is 5.90. The molecule has 1 aliphatic heterocycles. The van der Waals surface area contributed by atoms with E-state index in [4.69, 9.17) is 16.2 Å². The number of hydrogen-bond donors (Lipinski definition) is 5. The van der Waals surface area contributed by atoms with Crippen LogP contribution in [0.1, 0.15) is 23.2 Å². The fraction of sp³-hybridized carbons (Fsp3) is 0.389. The molecule has 2 heterocycles. The molecule has 3 rings (SSSR count). The summed E-state index contributed by atoms with van der Waals surface area (Å²) < 4.78 is 28.9. The first-order valence-corrected chi connectivity index (χ1v) is 11.1. The first-order chi connectivity index (χ1) is 14.1. The molecule has 11 nitrogen and oxygen atoms in total. The van der Waals surface area contributed by atoms with Crippen molar-refractivity contribution >= 4 is 33.2 Å². The predicted molar refractivity (Wildman–Crippen MR) is 112 cm³/mol. The lowest BCUT2D eigenvalue weighted by atomic mass is 9.91. The topological polar surface area (TPSA) is 182 Å². The van der Waals surface area contributed by atoms with Crippen molar-refractivity contribution in [1.29, 1.82) is 0 Å². The van der Waals surface area contributed by atoms with Crippen molar-refractivity contribution in [2.24, 2.45) is 11.5 Å². The van der Waals surface area contributed by atoms with Gasteiger partial charge < -0.3 is 26.8 Å². The largest absolute Gasteiger partial charge is 0.381 e. The van der Waals surface area contributed by atoms with Crippen LogP contribution in [0.25, 0.3) is 0 Å². The Morgan fingerprint density at radius 2 is 2.03 bits per heavy atom. The number of carbonyl (C=O) groups excluding carboxylic acids is 1. The van der Waals surface area contributed by atoms with Crippen LogP contribution >= 0.6 is 0 Å². The molecular weight excluding hydrogens is 412 g/mol.